The summed E-state index contributed by atoms with van der Waals surface area (Å²) in [6, 6.07) is 13.5. The molecule has 0 radical (unpaired) electrons. The molecule has 0 spiro atoms. The average molecular weight is 324 g/mol. The van der Waals surface area contributed by atoms with E-state index in [0.29, 0.717) is 16.7 Å². The van der Waals surface area contributed by atoms with Crippen LogP contribution in [0.25, 0.3) is 0 Å². The average Bonchev–Trinajstić information content (AvgIpc) is 2.47. The SMILES string of the molecule is CCCNCc1cccc(OCc2c(Cl)cccc2Cl)c1. The minimum absolute atomic E-state index is 0.365. The van der Waals surface area contributed by atoms with Crippen molar-refractivity contribution in [1.82, 2.24) is 5.32 Å². The summed E-state index contributed by atoms with van der Waals surface area (Å²) >= 11 is 12.3. The van der Waals surface area contributed by atoms with E-state index in [2.05, 4.69) is 18.3 Å². The van der Waals surface area contributed by atoms with Crippen molar-refractivity contribution in [3.8, 4) is 5.75 Å². The van der Waals surface area contributed by atoms with E-state index in [-0.39, 0.29) is 0 Å². The molecule has 0 aromatic heterocycles. The third-order valence-electron chi connectivity index (χ3n) is 3.10. The van der Waals surface area contributed by atoms with Crippen molar-refractivity contribution in [3.05, 3.63) is 63.6 Å². The van der Waals surface area contributed by atoms with Crippen LogP contribution in [-0.2, 0) is 13.2 Å². The Morgan fingerprint density at radius 2 is 1.76 bits per heavy atom. The second-order valence-electron chi connectivity index (χ2n) is 4.81. The van der Waals surface area contributed by atoms with Crippen molar-refractivity contribution in [2.24, 2.45) is 0 Å². The first-order valence-corrected chi connectivity index (χ1v) is 7.81. The summed E-state index contributed by atoms with van der Waals surface area (Å²) in [5, 5.41) is 4.63. The summed E-state index contributed by atoms with van der Waals surface area (Å²) in [6.07, 6.45) is 1.13. The molecule has 0 aliphatic rings. The largest absolute Gasteiger partial charge is 0.489 e. The first-order valence-electron chi connectivity index (χ1n) is 7.06. The Morgan fingerprint density at radius 3 is 2.48 bits per heavy atom. The fourth-order valence-electron chi connectivity index (χ4n) is 1.98. The molecule has 2 rings (SSSR count). The smallest absolute Gasteiger partial charge is 0.120 e. The Balaban J connectivity index is 1.98. The molecule has 0 atom stereocenters. The maximum Gasteiger partial charge on any atom is 0.120 e. The molecule has 0 heterocycles. The molecule has 0 aliphatic carbocycles. The van der Waals surface area contributed by atoms with E-state index in [9.17, 15) is 0 Å². The van der Waals surface area contributed by atoms with Crippen molar-refractivity contribution >= 4 is 23.2 Å². The van der Waals surface area contributed by atoms with Gasteiger partial charge >= 0.3 is 0 Å². The topological polar surface area (TPSA) is 21.3 Å². The summed E-state index contributed by atoms with van der Waals surface area (Å²) in [5.74, 6) is 0.821. The molecule has 21 heavy (non-hydrogen) atoms. The van der Waals surface area contributed by atoms with Crippen LogP contribution in [0.2, 0.25) is 10.0 Å². The number of nitrogens with one attached hydrogen (secondary N) is 1. The minimum atomic E-state index is 0.365. The van der Waals surface area contributed by atoms with Gasteiger partial charge in [-0.05, 0) is 42.8 Å². The molecule has 0 unspecified atom stereocenters. The van der Waals surface area contributed by atoms with Crippen molar-refractivity contribution < 1.29 is 4.74 Å². The molecule has 0 aliphatic heterocycles. The highest BCUT2D eigenvalue weighted by Crippen LogP contribution is 2.26. The molecule has 112 valence electrons. The first kappa shape index (κ1) is 16.2. The minimum Gasteiger partial charge on any atom is -0.489 e. The fourth-order valence-corrected chi connectivity index (χ4v) is 2.49. The van der Waals surface area contributed by atoms with Gasteiger partial charge in [-0.1, -0.05) is 48.3 Å². The van der Waals surface area contributed by atoms with E-state index in [1.54, 1.807) is 0 Å². The van der Waals surface area contributed by atoms with E-state index in [1.165, 1.54) is 5.56 Å². The molecule has 1 N–H and O–H groups in total. The van der Waals surface area contributed by atoms with Gasteiger partial charge in [-0.2, -0.15) is 0 Å². The third-order valence-corrected chi connectivity index (χ3v) is 3.81. The first-order chi connectivity index (χ1) is 10.2. The predicted molar refractivity (Wildman–Crippen MR) is 89.2 cm³/mol. The van der Waals surface area contributed by atoms with E-state index in [4.69, 9.17) is 27.9 Å². The van der Waals surface area contributed by atoms with Gasteiger partial charge in [-0.3, -0.25) is 0 Å². The van der Waals surface area contributed by atoms with Crippen molar-refractivity contribution in [2.75, 3.05) is 6.54 Å². The molecule has 0 saturated heterocycles. The van der Waals surface area contributed by atoms with Gasteiger partial charge in [0.05, 0.1) is 0 Å². The van der Waals surface area contributed by atoms with Crippen LogP contribution in [0.3, 0.4) is 0 Å². The lowest BCUT2D eigenvalue weighted by Crippen LogP contribution is -2.13. The van der Waals surface area contributed by atoms with Gasteiger partial charge in [0.2, 0.25) is 0 Å². The van der Waals surface area contributed by atoms with Gasteiger partial charge in [0.15, 0.2) is 0 Å². The van der Waals surface area contributed by atoms with Crippen LogP contribution in [0, 0.1) is 0 Å². The normalized spacial score (nSPS) is 10.6. The number of hydrogen-bond donors (Lipinski definition) is 1. The number of benzene rings is 2. The quantitative estimate of drug-likeness (QED) is 0.718. The molecular formula is C17H19Cl2NO. The molecule has 0 fully saturated rings. The van der Waals surface area contributed by atoms with Crippen LogP contribution >= 0.6 is 23.2 Å². The maximum atomic E-state index is 6.14. The molecule has 0 bridgehead atoms. The zero-order valence-corrected chi connectivity index (χ0v) is 13.5. The molecule has 0 amide bonds. The van der Waals surface area contributed by atoms with Crippen LogP contribution in [0.15, 0.2) is 42.5 Å². The number of halogens is 2. The molecular weight excluding hydrogens is 305 g/mol. The second-order valence-corrected chi connectivity index (χ2v) is 5.63. The number of hydrogen-bond acceptors (Lipinski definition) is 2. The molecule has 2 nitrogen and oxygen atoms in total. The highest BCUT2D eigenvalue weighted by molar-refractivity contribution is 6.35. The highest BCUT2D eigenvalue weighted by Gasteiger charge is 2.06. The molecule has 4 heteroatoms. The second kappa shape index (κ2) is 8.28. The maximum absolute atomic E-state index is 6.14. The summed E-state index contributed by atoms with van der Waals surface area (Å²) in [6.45, 7) is 4.38. The number of ether oxygens (including phenoxy) is 1. The van der Waals surface area contributed by atoms with Crippen LogP contribution in [0.1, 0.15) is 24.5 Å². The van der Waals surface area contributed by atoms with Crippen molar-refractivity contribution in [1.29, 1.82) is 0 Å². The van der Waals surface area contributed by atoms with E-state index in [0.717, 1.165) is 30.8 Å². The zero-order chi connectivity index (χ0) is 15.1. The van der Waals surface area contributed by atoms with Gasteiger partial charge in [0, 0.05) is 22.2 Å². The van der Waals surface area contributed by atoms with Crippen LogP contribution in [0.4, 0.5) is 0 Å². The summed E-state index contributed by atoms with van der Waals surface area (Å²) < 4.78 is 5.80. The van der Waals surface area contributed by atoms with E-state index < -0.39 is 0 Å². The Hall–Kier alpha value is -1.22. The fraction of sp³-hybridized carbons (Fsp3) is 0.294. The van der Waals surface area contributed by atoms with Crippen LogP contribution in [0.5, 0.6) is 5.75 Å². The summed E-state index contributed by atoms with van der Waals surface area (Å²) in [5.41, 5.74) is 2.02. The Bertz CT molecular complexity index is 567. The lowest BCUT2D eigenvalue weighted by Gasteiger charge is -2.11. The van der Waals surface area contributed by atoms with E-state index >= 15 is 0 Å². The van der Waals surface area contributed by atoms with Gasteiger partial charge < -0.3 is 10.1 Å². The molecule has 2 aromatic rings. The van der Waals surface area contributed by atoms with Gasteiger partial charge in [0.1, 0.15) is 12.4 Å². The van der Waals surface area contributed by atoms with Gasteiger partial charge in [-0.15, -0.1) is 0 Å². The van der Waals surface area contributed by atoms with Crippen molar-refractivity contribution in [3.63, 3.8) is 0 Å². The van der Waals surface area contributed by atoms with Crippen LogP contribution in [-0.4, -0.2) is 6.54 Å². The summed E-state index contributed by atoms with van der Waals surface area (Å²) in [7, 11) is 0. The predicted octanol–water partition coefficient (Wildman–Crippen LogP) is 5.07. The Labute approximate surface area is 136 Å². The summed E-state index contributed by atoms with van der Waals surface area (Å²) in [4.78, 5) is 0. The third kappa shape index (κ3) is 4.92. The highest BCUT2D eigenvalue weighted by atomic mass is 35.5. The standard InChI is InChI=1S/C17H19Cl2NO/c1-2-9-20-11-13-5-3-6-14(10-13)21-12-15-16(18)7-4-8-17(15)19/h3-8,10,20H,2,9,11-12H2,1H3. The van der Waals surface area contributed by atoms with Crippen LogP contribution < -0.4 is 10.1 Å². The molecule has 2 aromatic carbocycles. The van der Waals surface area contributed by atoms with Crippen molar-refractivity contribution in [2.45, 2.75) is 26.5 Å². The van der Waals surface area contributed by atoms with Gasteiger partial charge in [-0.25, -0.2) is 0 Å². The Morgan fingerprint density at radius 1 is 1.05 bits per heavy atom. The lowest BCUT2D eigenvalue weighted by molar-refractivity contribution is 0.306. The van der Waals surface area contributed by atoms with E-state index in [1.807, 2.05) is 36.4 Å². The van der Waals surface area contributed by atoms with Gasteiger partial charge in [0.25, 0.3) is 0 Å². The Kier molecular flexibility index (Phi) is 6.37. The molecule has 0 saturated carbocycles. The lowest BCUT2D eigenvalue weighted by atomic mass is 10.2. The monoisotopic (exact) mass is 323 g/mol. The number of rotatable bonds is 7. The zero-order valence-electron chi connectivity index (χ0n) is 12.0.